The van der Waals surface area contributed by atoms with Crippen molar-refractivity contribution in [3.63, 3.8) is 0 Å². The van der Waals surface area contributed by atoms with Crippen molar-refractivity contribution in [2.24, 2.45) is 5.73 Å². The molecule has 2 aromatic rings. The van der Waals surface area contributed by atoms with Gasteiger partial charge < -0.3 is 11.1 Å². The summed E-state index contributed by atoms with van der Waals surface area (Å²) < 4.78 is 0. The summed E-state index contributed by atoms with van der Waals surface area (Å²) in [5.74, 6) is 0. The molecule has 0 aromatic heterocycles. The summed E-state index contributed by atoms with van der Waals surface area (Å²) >= 11 is 5.97. The van der Waals surface area contributed by atoms with Gasteiger partial charge in [0.1, 0.15) is 0 Å². The summed E-state index contributed by atoms with van der Waals surface area (Å²) in [6, 6.07) is 14.4. The standard InChI is InChI=1S/C16H19ClN2/c1-11-4-3-5-13(8-11)16(10-18)19-15-7-6-14(17)9-12(15)2/h3-9,16,19H,10,18H2,1-2H3. The Kier molecular flexibility index (Phi) is 4.46. The van der Waals surface area contributed by atoms with Crippen molar-refractivity contribution < 1.29 is 0 Å². The molecule has 3 heteroatoms. The van der Waals surface area contributed by atoms with Crippen LogP contribution >= 0.6 is 11.6 Å². The van der Waals surface area contributed by atoms with Gasteiger partial charge in [0.25, 0.3) is 0 Å². The Bertz CT molecular complexity index is 566. The first kappa shape index (κ1) is 13.9. The van der Waals surface area contributed by atoms with Gasteiger partial charge in [0, 0.05) is 17.3 Å². The summed E-state index contributed by atoms with van der Waals surface area (Å²) in [7, 11) is 0. The minimum atomic E-state index is 0.111. The molecule has 0 spiro atoms. The molecule has 0 bridgehead atoms. The van der Waals surface area contributed by atoms with Gasteiger partial charge in [-0.15, -0.1) is 0 Å². The Labute approximate surface area is 119 Å². The van der Waals surface area contributed by atoms with E-state index >= 15 is 0 Å². The van der Waals surface area contributed by atoms with Crippen LogP contribution in [0, 0.1) is 13.8 Å². The van der Waals surface area contributed by atoms with Gasteiger partial charge in [-0.2, -0.15) is 0 Å². The van der Waals surface area contributed by atoms with Crippen molar-refractivity contribution in [2.75, 3.05) is 11.9 Å². The van der Waals surface area contributed by atoms with Crippen LogP contribution in [0.1, 0.15) is 22.7 Å². The molecule has 3 N–H and O–H groups in total. The summed E-state index contributed by atoms with van der Waals surface area (Å²) in [6.45, 7) is 4.67. The van der Waals surface area contributed by atoms with Crippen LogP contribution in [-0.4, -0.2) is 6.54 Å². The predicted molar refractivity (Wildman–Crippen MR) is 82.8 cm³/mol. The number of nitrogens with two attached hydrogens (primary N) is 1. The minimum absolute atomic E-state index is 0.111. The molecule has 2 rings (SSSR count). The Hall–Kier alpha value is -1.51. The van der Waals surface area contributed by atoms with Gasteiger partial charge in [0.15, 0.2) is 0 Å². The predicted octanol–water partition coefficient (Wildman–Crippen LogP) is 4.07. The highest BCUT2D eigenvalue weighted by atomic mass is 35.5. The third-order valence-corrected chi connectivity index (χ3v) is 3.43. The number of nitrogens with one attached hydrogen (secondary N) is 1. The van der Waals surface area contributed by atoms with Crippen LogP contribution in [0.4, 0.5) is 5.69 Å². The lowest BCUT2D eigenvalue weighted by molar-refractivity contribution is 0.788. The monoisotopic (exact) mass is 274 g/mol. The number of benzene rings is 2. The Morgan fingerprint density at radius 1 is 1.16 bits per heavy atom. The lowest BCUT2D eigenvalue weighted by Gasteiger charge is -2.20. The Balaban J connectivity index is 2.24. The zero-order valence-corrected chi connectivity index (χ0v) is 12.0. The van der Waals surface area contributed by atoms with E-state index in [-0.39, 0.29) is 6.04 Å². The fraction of sp³-hybridized carbons (Fsp3) is 0.250. The summed E-state index contributed by atoms with van der Waals surface area (Å²) in [5, 5.41) is 4.24. The fourth-order valence-corrected chi connectivity index (χ4v) is 2.37. The van der Waals surface area contributed by atoms with Gasteiger partial charge in [-0.3, -0.25) is 0 Å². The molecular weight excluding hydrogens is 256 g/mol. The van der Waals surface area contributed by atoms with E-state index in [1.807, 2.05) is 25.1 Å². The van der Waals surface area contributed by atoms with E-state index in [0.717, 1.165) is 16.3 Å². The molecule has 2 nitrogen and oxygen atoms in total. The highest BCUT2D eigenvalue weighted by molar-refractivity contribution is 6.30. The summed E-state index contributed by atoms with van der Waals surface area (Å²) in [5.41, 5.74) is 10.5. The molecule has 0 amide bonds. The van der Waals surface area contributed by atoms with E-state index in [1.54, 1.807) is 0 Å². The normalized spacial score (nSPS) is 12.2. The lowest BCUT2D eigenvalue weighted by atomic mass is 10.0. The average molecular weight is 275 g/mol. The Morgan fingerprint density at radius 2 is 1.95 bits per heavy atom. The van der Waals surface area contributed by atoms with E-state index in [1.165, 1.54) is 11.1 Å². The second kappa shape index (κ2) is 6.09. The maximum Gasteiger partial charge on any atom is 0.0636 e. The third kappa shape index (κ3) is 3.49. The van der Waals surface area contributed by atoms with E-state index in [0.29, 0.717) is 6.54 Å². The van der Waals surface area contributed by atoms with Crippen LogP contribution in [-0.2, 0) is 0 Å². The highest BCUT2D eigenvalue weighted by Gasteiger charge is 2.10. The van der Waals surface area contributed by atoms with Crippen LogP contribution in [0.2, 0.25) is 5.02 Å². The van der Waals surface area contributed by atoms with Crippen molar-refractivity contribution in [3.05, 3.63) is 64.2 Å². The largest absolute Gasteiger partial charge is 0.377 e. The lowest BCUT2D eigenvalue weighted by Crippen LogP contribution is -2.21. The first-order chi connectivity index (χ1) is 9.10. The smallest absolute Gasteiger partial charge is 0.0636 e. The Morgan fingerprint density at radius 3 is 2.58 bits per heavy atom. The number of rotatable bonds is 4. The molecule has 0 fully saturated rings. The molecule has 0 aliphatic carbocycles. The molecule has 1 atom stereocenters. The van der Waals surface area contributed by atoms with Gasteiger partial charge in [-0.1, -0.05) is 41.4 Å². The minimum Gasteiger partial charge on any atom is -0.377 e. The summed E-state index contributed by atoms with van der Waals surface area (Å²) in [6.07, 6.45) is 0. The molecule has 1 unspecified atom stereocenters. The number of aryl methyl sites for hydroxylation is 2. The van der Waals surface area contributed by atoms with Gasteiger partial charge in [0.05, 0.1) is 6.04 Å². The maximum absolute atomic E-state index is 5.97. The van der Waals surface area contributed by atoms with E-state index in [9.17, 15) is 0 Å². The first-order valence-corrected chi connectivity index (χ1v) is 6.77. The SMILES string of the molecule is Cc1cccc(C(CN)Nc2ccc(Cl)cc2C)c1. The average Bonchev–Trinajstić information content (AvgIpc) is 2.38. The molecule has 0 heterocycles. The molecule has 0 aliphatic rings. The van der Waals surface area contributed by atoms with Crippen molar-refractivity contribution in [2.45, 2.75) is 19.9 Å². The van der Waals surface area contributed by atoms with Crippen LogP contribution in [0.5, 0.6) is 0 Å². The zero-order valence-electron chi connectivity index (χ0n) is 11.3. The van der Waals surface area contributed by atoms with Gasteiger partial charge >= 0.3 is 0 Å². The molecule has 2 aromatic carbocycles. The number of hydrogen-bond donors (Lipinski definition) is 2. The van der Waals surface area contributed by atoms with Crippen molar-refractivity contribution in [1.82, 2.24) is 0 Å². The van der Waals surface area contributed by atoms with Crippen molar-refractivity contribution in [1.29, 1.82) is 0 Å². The van der Waals surface area contributed by atoms with Crippen molar-refractivity contribution in [3.8, 4) is 0 Å². The first-order valence-electron chi connectivity index (χ1n) is 6.39. The molecule has 0 radical (unpaired) electrons. The van der Waals surface area contributed by atoms with Crippen LogP contribution in [0.3, 0.4) is 0 Å². The molecular formula is C16H19ClN2. The van der Waals surface area contributed by atoms with E-state index < -0.39 is 0 Å². The number of halogens is 1. The second-order valence-electron chi connectivity index (χ2n) is 4.81. The molecule has 100 valence electrons. The zero-order chi connectivity index (χ0) is 13.8. The topological polar surface area (TPSA) is 38.0 Å². The van der Waals surface area contributed by atoms with Crippen molar-refractivity contribution >= 4 is 17.3 Å². The second-order valence-corrected chi connectivity index (χ2v) is 5.24. The molecule has 19 heavy (non-hydrogen) atoms. The van der Waals surface area contributed by atoms with Crippen LogP contribution in [0.25, 0.3) is 0 Å². The number of anilines is 1. The van der Waals surface area contributed by atoms with Gasteiger partial charge in [0.2, 0.25) is 0 Å². The quantitative estimate of drug-likeness (QED) is 0.882. The van der Waals surface area contributed by atoms with Gasteiger partial charge in [-0.05, 0) is 43.2 Å². The van der Waals surface area contributed by atoms with Crippen LogP contribution < -0.4 is 11.1 Å². The fourth-order valence-electron chi connectivity index (χ4n) is 2.14. The molecule has 0 aliphatic heterocycles. The van der Waals surface area contributed by atoms with Gasteiger partial charge in [-0.25, -0.2) is 0 Å². The summed E-state index contributed by atoms with van der Waals surface area (Å²) in [4.78, 5) is 0. The number of hydrogen-bond acceptors (Lipinski definition) is 2. The molecule has 0 saturated heterocycles. The highest BCUT2D eigenvalue weighted by Crippen LogP contribution is 2.24. The van der Waals surface area contributed by atoms with E-state index in [2.05, 4.69) is 36.5 Å². The molecule has 0 saturated carbocycles. The van der Waals surface area contributed by atoms with E-state index in [4.69, 9.17) is 17.3 Å². The van der Waals surface area contributed by atoms with Crippen LogP contribution in [0.15, 0.2) is 42.5 Å². The maximum atomic E-state index is 5.97. The third-order valence-electron chi connectivity index (χ3n) is 3.20.